The van der Waals surface area contributed by atoms with Crippen molar-refractivity contribution in [3.63, 3.8) is 0 Å². The van der Waals surface area contributed by atoms with E-state index in [9.17, 15) is 14.4 Å². The van der Waals surface area contributed by atoms with Gasteiger partial charge in [0.15, 0.2) is 17.3 Å². The Balaban J connectivity index is 1.75. The monoisotopic (exact) mass is 345 g/mol. The normalized spacial score (nSPS) is 12.5. The number of benzene rings is 2. The van der Waals surface area contributed by atoms with Gasteiger partial charge in [-0.2, -0.15) is 5.10 Å². The highest BCUT2D eigenvalue weighted by atomic mass is 16.2. The van der Waals surface area contributed by atoms with Crippen LogP contribution < -0.4 is 5.32 Å². The van der Waals surface area contributed by atoms with E-state index in [1.165, 1.54) is 0 Å². The molecule has 0 saturated carbocycles. The lowest BCUT2D eigenvalue weighted by molar-refractivity contribution is 0.0978. The third-order valence-corrected chi connectivity index (χ3v) is 4.40. The molecule has 1 aliphatic carbocycles. The Kier molecular flexibility index (Phi) is 3.73. The second-order valence-electron chi connectivity index (χ2n) is 5.94. The van der Waals surface area contributed by atoms with Crippen molar-refractivity contribution in [2.75, 3.05) is 5.32 Å². The molecule has 1 N–H and O–H groups in total. The van der Waals surface area contributed by atoms with Gasteiger partial charge < -0.3 is 5.32 Å². The third-order valence-electron chi connectivity index (χ3n) is 4.40. The molecule has 128 valence electrons. The molecule has 6 nitrogen and oxygen atoms in total. The van der Waals surface area contributed by atoms with E-state index in [4.69, 9.17) is 0 Å². The van der Waals surface area contributed by atoms with Gasteiger partial charge in [0.2, 0.25) is 0 Å². The van der Waals surface area contributed by atoms with Crippen LogP contribution in [0.15, 0.2) is 54.7 Å². The van der Waals surface area contributed by atoms with Gasteiger partial charge in [-0.15, -0.1) is 0 Å². The highest BCUT2D eigenvalue weighted by molar-refractivity contribution is 6.30. The number of fused-ring (bicyclic) bond motifs is 2. The van der Waals surface area contributed by atoms with Crippen LogP contribution in [0.1, 0.15) is 49.3 Å². The maximum atomic E-state index is 12.9. The van der Waals surface area contributed by atoms with Crippen molar-refractivity contribution < 1.29 is 14.4 Å². The minimum atomic E-state index is -0.426. The molecular weight excluding hydrogens is 330 g/mol. The largest absolute Gasteiger partial charge is 0.320 e. The average molecular weight is 345 g/mol. The summed E-state index contributed by atoms with van der Waals surface area (Å²) in [5.74, 6) is -0.920. The predicted octanol–water partition coefficient (Wildman–Crippen LogP) is 2.93. The van der Waals surface area contributed by atoms with Gasteiger partial charge in [0.1, 0.15) is 0 Å². The molecule has 0 radical (unpaired) electrons. The van der Waals surface area contributed by atoms with Crippen LogP contribution >= 0.6 is 0 Å². The molecule has 0 saturated heterocycles. The Hall–Kier alpha value is -3.54. The summed E-state index contributed by atoms with van der Waals surface area (Å²) in [5.41, 5.74) is 1.81. The number of aryl methyl sites for hydroxylation is 1. The van der Waals surface area contributed by atoms with E-state index < -0.39 is 5.91 Å². The molecule has 0 bridgehead atoms. The van der Waals surface area contributed by atoms with Crippen LogP contribution in [0.25, 0.3) is 0 Å². The van der Waals surface area contributed by atoms with Gasteiger partial charge in [0.05, 0.1) is 11.3 Å². The van der Waals surface area contributed by atoms with Gasteiger partial charge in [0.25, 0.3) is 5.91 Å². The summed E-state index contributed by atoms with van der Waals surface area (Å²) in [7, 11) is 0. The first-order chi connectivity index (χ1) is 12.6. The summed E-state index contributed by atoms with van der Waals surface area (Å²) < 4.78 is 1.64. The number of hydrogen-bond donors (Lipinski definition) is 1. The van der Waals surface area contributed by atoms with Gasteiger partial charge >= 0.3 is 0 Å². The minimum Gasteiger partial charge on any atom is -0.320 e. The van der Waals surface area contributed by atoms with Crippen LogP contribution in [0.2, 0.25) is 0 Å². The number of aromatic nitrogens is 2. The zero-order valence-electron chi connectivity index (χ0n) is 14.0. The maximum absolute atomic E-state index is 12.9. The Morgan fingerprint density at radius 1 is 0.962 bits per heavy atom. The van der Waals surface area contributed by atoms with Crippen molar-refractivity contribution in [1.82, 2.24) is 9.78 Å². The topological polar surface area (TPSA) is 81.1 Å². The Morgan fingerprint density at radius 3 is 2.35 bits per heavy atom. The molecular formula is C20H15N3O3. The molecule has 0 atom stereocenters. The maximum Gasteiger partial charge on any atom is 0.276 e. The molecule has 1 aromatic heterocycles. The molecule has 2 aromatic carbocycles. The number of nitrogens with zero attached hydrogens (tertiary/aromatic N) is 2. The van der Waals surface area contributed by atoms with E-state index in [-0.39, 0.29) is 22.8 Å². The summed E-state index contributed by atoms with van der Waals surface area (Å²) >= 11 is 0. The SMILES string of the molecule is CCn1ccc(C(=O)Nc2cccc3c2C(=O)c2ccccc2C3=O)n1. The van der Waals surface area contributed by atoms with E-state index in [2.05, 4.69) is 10.4 Å². The van der Waals surface area contributed by atoms with E-state index in [0.29, 0.717) is 28.9 Å². The summed E-state index contributed by atoms with van der Waals surface area (Å²) in [4.78, 5) is 38.1. The van der Waals surface area contributed by atoms with Crippen molar-refractivity contribution in [2.45, 2.75) is 13.5 Å². The van der Waals surface area contributed by atoms with Gasteiger partial charge in [-0.1, -0.05) is 36.4 Å². The molecule has 1 amide bonds. The van der Waals surface area contributed by atoms with Crippen LogP contribution in [0.4, 0.5) is 5.69 Å². The van der Waals surface area contributed by atoms with E-state index >= 15 is 0 Å². The van der Waals surface area contributed by atoms with Crippen molar-refractivity contribution in [3.8, 4) is 0 Å². The fourth-order valence-electron chi connectivity index (χ4n) is 3.09. The molecule has 4 rings (SSSR count). The fourth-order valence-corrected chi connectivity index (χ4v) is 3.09. The van der Waals surface area contributed by atoms with Gasteiger partial charge in [-0.25, -0.2) is 0 Å². The highest BCUT2D eigenvalue weighted by Gasteiger charge is 2.31. The number of nitrogens with one attached hydrogen (secondary N) is 1. The fraction of sp³-hybridized carbons (Fsp3) is 0.100. The van der Waals surface area contributed by atoms with E-state index in [0.717, 1.165) is 0 Å². The zero-order valence-corrected chi connectivity index (χ0v) is 14.0. The summed E-state index contributed by atoms with van der Waals surface area (Å²) in [6.45, 7) is 2.57. The lowest BCUT2D eigenvalue weighted by Crippen LogP contribution is -2.24. The van der Waals surface area contributed by atoms with Crippen LogP contribution in [0.3, 0.4) is 0 Å². The predicted molar refractivity (Wildman–Crippen MR) is 95.6 cm³/mol. The number of hydrogen-bond acceptors (Lipinski definition) is 4. The van der Waals surface area contributed by atoms with Crippen LogP contribution in [0, 0.1) is 0 Å². The van der Waals surface area contributed by atoms with Crippen molar-refractivity contribution in [1.29, 1.82) is 0 Å². The second-order valence-corrected chi connectivity index (χ2v) is 5.94. The van der Waals surface area contributed by atoms with Gasteiger partial charge in [-0.05, 0) is 19.1 Å². The lowest BCUT2D eigenvalue weighted by atomic mass is 9.83. The van der Waals surface area contributed by atoms with Crippen LogP contribution in [0.5, 0.6) is 0 Å². The molecule has 6 heteroatoms. The third kappa shape index (κ3) is 2.43. The van der Waals surface area contributed by atoms with Gasteiger partial charge in [0, 0.05) is 29.4 Å². The van der Waals surface area contributed by atoms with Gasteiger partial charge in [-0.3, -0.25) is 19.1 Å². The molecule has 1 heterocycles. The van der Waals surface area contributed by atoms with Crippen LogP contribution in [-0.2, 0) is 6.54 Å². The first-order valence-electron chi connectivity index (χ1n) is 8.26. The summed E-state index contributed by atoms with van der Waals surface area (Å²) in [5, 5.41) is 6.88. The van der Waals surface area contributed by atoms with Crippen molar-refractivity contribution >= 4 is 23.2 Å². The second kappa shape index (κ2) is 6.07. The first kappa shape index (κ1) is 16.0. The Labute approximate surface area is 149 Å². The summed E-state index contributed by atoms with van der Waals surface area (Å²) in [6.07, 6.45) is 1.71. The molecule has 1 aliphatic rings. The molecule has 0 unspecified atom stereocenters. The van der Waals surface area contributed by atoms with E-state index in [1.54, 1.807) is 59.4 Å². The molecule has 26 heavy (non-hydrogen) atoms. The lowest BCUT2D eigenvalue weighted by Gasteiger charge is -2.20. The zero-order chi connectivity index (χ0) is 18.3. The number of carbonyl (C=O) groups excluding carboxylic acids is 3. The number of ketones is 2. The Morgan fingerprint density at radius 2 is 1.65 bits per heavy atom. The molecule has 3 aromatic rings. The smallest absolute Gasteiger partial charge is 0.276 e. The molecule has 0 spiro atoms. The number of amides is 1. The van der Waals surface area contributed by atoms with Crippen molar-refractivity contribution in [2.24, 2.45) is 0 Å². The number of rotatable bonds is 3. The quantitative estimate of drug-likeness (QED) is 0.619. The van der Waals surface area contributed by atoms with Crippen LogP contribution in [-0.4, -0.2) is 27.3 Å². The molecule has 0 fully saturated rings. The Bertz CT molecular complexity index is 1070. The molecule has 0 aliphatic heterocycles. The minimum absolute atomic E-state index is 0.221. The van der Waals surface area contributed by atoms with E-state index in [1.807, 2.05) is 6.92 Å². The number of carbonyl (C=O) groups is 3. The highest BCUT2D eigenvalue weighted by Crippen LogP contribution is 2.32. The average Bonchev–Trinajstić information content (AvgIpc) is 3.15. The first-order valence-corrected chi connectivity index (χ1v) is 8.26. The standard InChI is InChI=1S/C20H15N3O3/c1-2-23-11-10-16(22-23)20(26)21-15-9-5-8-14-17(15)19(25)13-7-4-3-6-12(13)18(14)24/h3-11H,2H2,1H3,(H,21,26). The van der Waals surface area contributed by atoms with Crippen molar-refractivity contribution in [3.05, 3.63) is 82.7 Å². The number of anilines is 1. The summed E-state index contributed by atoms with van der Waals surface area (Å²) in [6, 6.07) is 13.2.